The van der Waals surface area contributed by atoms with Gasteiger partial charge in [-0.3, -0.25) is 13.9 Å². The van der Waals surface area contributed by atoms with Crippen LogP contribution in [0.1, 0.15) is 30.0 Å². The topological polar surface area (TPSA) is 86.8 Å². The first-order valence-electron chi connectivity index (χ1n) is 14.2. The number of carbonyl (C=O) groups excluding carboxylic acids is 2. The number of hydrogen-bond acceptors (Lipinski definition) is 4. The maximum Gasteiger partial charge on any atom is 0.264 e. The van der Waals surface area contributed by atoms with Crippen LogP contribution in [0.15, 0.2) is 114 Å². The lowest BCUT2D eigenvalue weighted by molar-refractivity contribution is -0.140. The van der Waals surface area contributed by atoms with Crippen LogP contribution in [0.25, 0.3) is 0 Å². The lowest BCUT2D eigenvalue weighted by atomic mass is 10.0. The van der Waals surface area contributed by atoms with Crippen LogP contribution in [0.4, 0.5) is 5.69 Å². The highest BCUT2D eigenvalue weighted by Gasteiger charge is 2.35. The lowest BCUT2D eigenvalue weighted by Crippen LogP contribution is -2.53. The first kappa shape index (κ1) is 31.8. The maximum atomic E-state index is 14.4. The molecule has 0 aliphatic carbocycles. The van der Waals surface area contributed by atoms with Crippen molar-refractivity contribution < 1.29 is 18.0 Å². The average molecular weight is 618 g/mol. The van der Waals surface area contributed by atoms with Crippen molar-refractivity contribution in [1.82, 2.24) is 10.2 Å². The number of hydrogen-bond donors (Lipinski definition) is 1. The van der Waals surface area contributed by atoms with Crippen LogP contribution < -0.4 is 9.62 Å². The van der Waals surface area contributed by atoms with E-state index in [0.29, 0.717) is 6.54 Å². The van der Waals surface area contributed by atoms with Crippen LogP contribution in [0, 0.1) is 6.92 Å². The van der Waals surface area contributed by atoms with Crippen LogP contribution in [0.5, 0.6) is 0 Å². The highest BCUT2D eigenvalue weighted by Crippen LogP contribution is 2.31. The van der Waals surface area contributed by atoms with Gasteiger partial charge in [-0.2, -0.15) is 0 Å². The van der Waals surface area contributed by atoms with Gasteiger partial charge < -0.3 is 10.2 Å². The van der Waals surface area contributed by atoms with Crippen LogP contribution in [0.3, 0.4) is 0 Å². The molecular formula is C34H36ClN3O4S. The number of halogens is 1. The first-order chi connectivity index (χ1) is 20.7. The Morgan fingerprint density at radius 1 is 0.837 bits per heavy atom. The van der Waals surface area contributed by atoms with Gasteiger partial charge in [-0.15, -0.1) is 0 Å². The Morgan fingerprint density at radius 3 is 2.12 bits per heavy atom. The fourth-order valence-electron chi connectivity index (χ4n) is 4.81. The van der Waals surface area contributed by atoms with Gasteiger partial charge in [0.05, 0.1) is 15.6 Å². The van der Waals surface area contributed by atoms with Gasteiger partial charge in [0.1, 0.15) is 12.6 Å². The van der Waals surface area contributed by atoms with E-state index >= 15 is 0 Å². The quantitative estimate of drug-likeness (QED) is 0.199. The number of nitrogens with zero attached hydrogens (tertiary/aromatic N) is 2. The van der Waals surface area contributed by atoms with E-state index in [4.69, 9.17) is 11.6 Å². The van der Waals surface area contributed by atoms with Crippen molar-refractivity contribution in [2.24, 2.45) is 0 Å². The summed E-state index contributed by atoms with van der Waals surface area (Å²) in [4.78, 5) is 29.6. The predicted octanol–water partition coefficient (Wildman–Crippen LogP) is 6.01. The Morgan fingerprint density at radius 2 is 1.47 bits per heavy atom. The van der Waals surface area contributed by atoms with Crippen molar-refractivity contribution in [2.75, 3.05) is 17.4 Å². The molecular weight excluding hydrogens is 582 g/mol. The Labute approximate surface area is 259 Å². The maximum absolute atomic E-state index is 14.4. The van der Waals surface area contributed by atoms with Crippen LogP contribution in [-0.2, 0) is 32.6 Å². The monoisotopic (exact) mass is 617 g/mol. The van der Waals surface area contributed by atoms with Gasteiger partial charge in [0.2, 0.25) is 11.8 Å². The third-order valence-electron chi connectivity index (χ3n) is 6.99. The molecule has 9 heteroatoms. The van der Waals surface area contributed by atoms with Gasteiger partial charge in [-0.1, -0.05) is 109 Å². The third kappa shape index (κ3) is 8.24. The van der Waals surface area contributed by atoms with Gasteiger partial charge in [0, 0.05) is 19.5 Å². The summed E-state index contributed by atoms with van der Waals surface area (Å²) >= 11 is 6.51. The third-order valence-corrected chi connectivity index (χ3v) is 9.08. The molecule has 4 aromatic rings. The molecule has 0 spiro atoms. The smallest absolute Gasteiger partial charge is 0.264 e. The molecule has 0 fully saturated rings. The van der Waals surface area contributed by atoms with E-state index in [0.717, 1.165) is 27.4 Å². The number of sulfonamides is 1. The zero-order chi connectivity index (χ0) is 30.8. The predicted molar refractivity (Wildman–Crippen MR) is 171 cm³/mol. The van der Waals surface area contributed by atoms with Crippen molar-refractivity contribution in [3.8, 4) is 0 Å². The molecule has 0 aliphatic heterocycles. The van der Waals surface area contributed by atoms with Crippen LogP contribution in [0.2, 0.25) is 5.02 Å². The molecule has 43 heavy (non-hydrogen) atoms. The second-order valence-electron chi connectivity index (χ2n) is 10.3. The summed E-state index contributed by atoms with van der Waals surface area (Å²) in [5, 5.41) is 3.13. The van der Waals surface area contributed by atoms with E-state index in [1.54, 1.807) is 42.5 Å². The molecule has 4 rings (SSSR count). The Kier molecular flexibility index (Phi) is 11.0. The molecule has 0 aliphatic rings. The summed E-state index contributed by atoms with van der Waals surface area (Å²) in [6.45, 7) is 3.91. The SMILES string of the molecule is CCCNC(=O)[C@H](Cc1ccccc1)N(Cc1cccc(C)c1)C(=O)CN(c1ccccc1Cl)S(=O)(=O)c1ccccc1. The summed E-state index contributed by atoms with van der Waals surface area (Å²) in [6, 6.07) is 30.7. The molecule has 7 nitrogen and oxygen atoms in total. The molecule has 0 heterocycles. The van der Waals surface area contributed by atoms with E-state index in [-0.39, 0.29) is 34.5 Å². The van der Waals surface area contributed by atoms with E-state index < -0.39 is 28.5 Å². The normalized spacial score (nSPS) is 11.9. The second kappa shape index (κ2) is 14.8. The fraction of sp³-hybridized carbons (Fsp3) is 0.235. The molecule has 1 N–H and O–H groups in total. The van der Waals surface area contributed by atoms with Gasteiger partial charge in [-0.25, -0.2) is 8.42 Å². The van der Waals surface area contributed by atoms with Crippen molar-refractivity contribution in [3.63, 3.8) is 0 Å². The van der Waals surface area contributed by atoms with Crippen molar-refractivity contribution in [2.45, 2.75) is 44.2 Å². The molecule has 0 aromatic heterocycles. The summed E-state index contributed by atoms with van der Waals surface area (Å²) in [5.41, 5.74) is 2.88. The van der Waals surface area contributed by atoms with Gasteiger partial charge >= 0.3 is 0 Å². The molecule has 1 atom stereocenters. The molecule has 4 aromatic carbocycles. The highest BCUT2D eigenvalue weighted by atomic mass is 35.5. The summed E-state index contributed by atoms with van der Waals surface area (Å²) < 4.78 is 29.0. The average Bonchev–Trinajstić information content (AvgIpc) is 3.01. The summed E-state index contributed by atoms with van der Waals surface area (Å²) in [6.07, 6.45) is 0.983. The summed E-state index contributed by atoms with van der Waals surface area (Å²) in [5.74, 6) is -0.838. The number of aryl methyl sites for hydroxylation is 1. The summed E-state index contributed by atoms with van der Waals surface area (Å²) in [7, 11) is -4.20. The van der Waals surface area contributed by atoms with Gasteiger partial charge in [-0.05, 0) is 48.7 Å². The number of para-hydroxylation sites is 1. The molecule has 0 saturated carbocycles. The van der Waals surface area contributed by atoms with Crippen molar-refractivity contribution >= 4 is 39.1 Å². The minimum absolute atomic E-state index is 0.0227. The lowest BCUT2D eigenvalue weighted by Gasteiger charge is -2.34. The Bertz CT molecular complexity index is 1630. The number of nitrogens with one attached hydrogen (secondary N) is 1. The minimum Gasteiger partial charge on any atom is -0.354 e. The molecule has 0 saturated heterocycles. The number of amides is 2. The Hall–Kier alpha value is -4.14. The highest BCUT2D eigenvalue weighted by molar-refractivity contribution is 7.92. The van der Waals surface area contributed by atoms with Crippen molar-refractivity contribution in [3.05, 3.63) is 131 Å². The Balaban J connectivity index is 1.80. The van der Waals surface area contributed by atoms with E-state index in [1.807, 2.05) is 68.4 Å². The van der Waals surface area contributed by atoms with Gasteiger partial charge in [0.25, 0.3) is 10.0 Å². The van der Waals surface area contributed by atoms with Crippen molar-refractivity contribution in [1.29, 1.82) is 0 Å². The zero-order valence-electron chi connectivity index (χ0n) is 24.3. The number of rotatable bonds is 13. The van der Waals surface area contributed by atoms with Crippen LogP contribution >= 0.6 is 11.6 Å². The molecule has 0 bridgehead atoms. The first-order valence-corrected chi connectivity index (χ1v) is 16.0. The largest absolute Gasteiger partial charge is 0.354 e. The zero-order valence-corrected chi connectivity index (χ0v) is 25.9. The van der Waals surface area contributed by atoms with E-state index in [1.165, 1.54) is 17.0 Å². The number of carbonyl (C=O) groups is 2. The second-order valence-corrected chi connectivity index (χ2v) is 12.6. The standard InChI is InChI=1S/C34H36ClN3O4S/c1-3-21-36-34(40)32(23-27-14-6-4-7-15-27)37(24-28-16-12-13-26(2)22-28)33(39)25-38(31-20-11-10-19-30(31)35)43(41,42)29-17-8-5-9-18-29/h4-20,22,32H,3,21,23-25H2,1-2H3,(H,36,40)/t32-/m0/s1. The van der Waals surface area contributed by atoms with Gasteiger partial charge in [0.15, 0.2) is 0 Å². The number of benzene rings is 4. The molecule has 0 radical (unpaired) electrons. The van der Waals surface area contributed by atoms with Crippen LogP contribution in [-0.4, -0.2) is 44.3 Å². The number of anilines is 1. The molecule has 224 valence electrons. The van der Waals surface area contributed by atoms with E-state index in [2.05, 4.69) is 5.32 Å². The molecule has 2 amide bonds. The molecule has 0 unspecified atom stereocenters. The fourth-order valence-corrected chi connectivity index (χ4v) is 6.56. The van der Waals surface area contributed by atoms with E-state index in [9.17, 15) is 18.0 Å². The minimum atomic E-state index is -4.20.